The monoisotopic (exact) mass is 225 g/mol. The molecule has 0 bridgehead atoms. The van der Waals surface area contributed by atoms with Crippen LogP contribution in [0.2, 0.25) is 0 Å². The van der Waals surface area contributed by atoms with Gasteiger partial charge in [0.25, 0.3) is 0 Å². The normalized spacial score (nSPS) is 12.6. The molecule has 0 aliphatic carbocycles. The van der Waals surface area contributed by atoms with Crippen LogP contribution in [0.3, 0.4) is 0 Å². The van der Waals surface area contributed by atoms with E-state index in [4.69, 9.17) is 5.11 Å². The Bertz CT molecular complexity index is 326. The molecule has 0 saturated heterocycles. The van der Waals surface area contributed by atoms with E-state index in [0.717, 1.165) is 19.4 Å². The highest BCUT2D eigenvalue weighted by atomic mass is 16.3. The molecule has 0 heterocycles. The fourth-order valence-corrected chi connectivity index (χ4v) is 1.47. The number of aromatic hydroxyl groups is 2. The summed E-state index contributed by atoms with van der Waals surface area (Å²) in [5, 5.41) is 31.0. The predicted octanol–water partition coefficient (Wildman–Crippen LogP) is 1.35. The average Bonchev–Trinajstić information content (AvgIpc) is 2.23. The van der Waals surface area contributed by atoms with E-state index in [9.17, 15) is 10.2 Å². The van der Waals surface area contributed by atoms with Gasteiger partial charge in [-0.15, -0.1) is 0 Å². The number of hydrogen-bond acceptors (Lipinski definition) is 4. The molecule has 16 heavy (non-hydrogen) atoms. The Kier molecular flexibility index (Phi) is 5.08. The number of phenols is 2. The van der Waals surface area contributed by atoms with Crippen molar-refractivity contribution >= 4 is 0 Å². The van der Waals surface area contributed by atoms with Crippen molar-refractivity contribution in [1.29, 1.82) is 0 Å². The van der Waals surface area contributed by atoms with E-state index in [-0.39, 0.29) is 17.6 Å². The Labute approximate surface area is 95.6 Å². The van der Waals surface area contributed by atoms with Gasteiger partial charge >= 0.3 is 0 Å². The molecule has 4 N–H and O–H groups in total. The number of benzene rings is 1. The highest BCUT2D eigenvalue weighted by Gasteiger charge is 2.04. The summed E-state index contributed by atoms with van der Waals surface area (Å²) in [6, 6.07) is 4.91. The summed E-state index contributed by atoms with van der Waals surface area (Å²) in [5.74, 6) is -0.159. The van der Waals surface area contributed by atoms with Gasteiger partial charge in [-0.05, 0) is 32.4 Å². The van der Waals surface area contributed by atoms with Crippen LogP contribution in [0, 0.1) is 0 Å². The lowest BCUT2D eigenvalue weighted by atomic mass is 10.1. The molecule has 0 fully saturated rings. The summed E-state index contributed by atoms with van der Waals surface area (Å²) in [4.78, 5) is 0. The van der Waals surface area contributed by atoms with Crippen LogP contribution in [0.5, 0.6) is 11.5 Å². The van der Waals surface area contributed by atoms with Crippen molar-refractivity contribution in [2.75, 3.05) is 6.54 Å². The number of phenolic OH excluding ortho intramolecular Hbond substituents is 2. The molecule has 1 unspecified atom stereocenters. The third-order valence-corrected chi connectivity index (χ3v) is 2.39. The zero-order valence-corrected chi connectivity index (χ0v) is 9.48. The lowest BCUT2D eigenvalue weighted by Gasteiger charge is -2.08. The van der Waals surface area contributed by atoms with Crippen molar-refractivity contribution in [2.24, 2.45) is 0 Å². The number of nitrogens with one attached hydrogen (secondary N) is 1. The summed E-state index contributed by atoms with van der Waals surface area (Å²) in [5.41, 5.74) is 0.678. The van der Waals surface area contributed by atoms with Crippen LogP contribution in [0.4, 0.5) is 0 Å². The number of aliphatic hydroxyl groups is 1. The lowest BCUT2D eigenvalue weighted by molar-refractivity contribution is 0.181. The fourth-order valence-electron chi connectivity index (χ4n) is 1.47. The quantitative estimate of drug-likeness (QED) is 0.435. The highest BCUT2D eigenvalue weighted by molar-refractivity contribution is 5.44. The van der Waals surface area contributed by atoms with E-state index in [1.807, 2.05) is 0 Å². The van der Waals surface area contributed by atoms with Crippen molar-refractivity contribution in [3.8, 4) is 11.5 Å². The Hall–Kier alpha value is -1.26. The van der Waals surface area contributed by atoms with Crippen molar-refractivity contribution < 1.29 is 15.3 Å². The third kappa shape index (κ3) is 4.08. The van der Waals surface area contributed by atoms with Gasteiger partial charge in [-0.25, -0.2) is 0 Å². The molecule has 90 valence electrons. The zero-order valence-electron chi connectivity index (χ0n) is 9.48. The first kappa shape index (κ1) is 12.8. The van der Waals surface area contributed by atoms with Crippen LogP contribution in [-0.4, -0.2) is 28.0 Å². The number of hydrogen-bond donors (Lipinski definition) is 4. The smallest absolute Gasteiger partial charge is 0.161 e. The molecule has 4 nitrogen and oxygen atoms in total. The maximum Gasteiger partial charge on any atom is 0.161 e. The van der Waals surface area contributed by atoms with Crippen molar-refractivity contribution in [2.45, 2.75) is 32.4 Å². The number of para-hydroxylation sites is 1. The number of aliphatic hydroxyl groups excluding tert-OH is 1. The zero-order chi connectivity index (χ0) is 12.0. The molecule has 0 radical (unpaired) electrons. The number of rotatable bonds is 6. The first-order chi connectivity index (χ1) is 7.61. The van der Waals surface area contributed by atoms with E-state index in [1.165, 1.54) is 6.07 Å². The van der Waals surface area contributed by atoms with Crippen molar-refractivity contribution in [3.63, 3.8) is 0 Å². The van der Waals surface area contributed by atoms with Gasteiger partial charge in [0.15, 0.2) is 11.5 Å². The Morgan fingerprint density at radius 2 is 2.06 bits per heavy atom. The van der Waals surface area contributed by atoms with Crippen LogP contribution in [0.15, 0.2) is 18.2 Å². The van der Waals surface area contributed by atoms with Crippen LogP contribution < -0.4 is 5.32 Å². The molecule has 0 spiro atoms. The van der Waals surface area contributed by atoms with Gasteiger partial charge in [-0.3, -0.25) is 0 Å². The Balaban J connectivity index is 2.29. The van der Waals surface area contributed by atoms with E-state index in [0.29, 0.717) is 12.1 Å². The van der Waals surface area contributed by atoms with Gasteiger partial charge in [0, 0.05) is 12.1 Å². The molecule has 0 amide bonds. The first-order valence-electron chi connectivity index (χ1n) is 5.50. The Morgan fingerprint density at radius 1 is 1.31 bits per heavy atom. The molecule has 0 aromatic heterocycles. The van der Waals surface area contributed by atoms with Gasteiger partial charge in [-0.2, -0.15) is 0 Å². The van der Waals surface area contributed by atoms with Crippen molar-refractivity contribution in [3.05, 3.63) is 23.8 Å². The second kappa shape index (κ2) is 6.35. The topological polar surface area (TPSA) is 72.7 Å². The van der Waals surface area contributed by atoms with Gasteiger partial charge in [0.05, 0.1) is 6.10 Å². The minimum absolute atomic E-state index is 0.0643. The summed E-state index contributed by atoms with van der Waals surface area (Å²) in [6.45, 7) is 3.06. The van der Waals surface area contributed by atoms with Crippen LogP contribution in [0.1, 0.15) is 25.3 Å². The summed E-state index contributed by atoms with van der Waals surface area (Å²) in [7, 11) is 0. The predicted molar refractivity (Wildman–Crippen MR) is 62.4 cm³/mol. The summed E-state index contributed by atoms with van der Waals surface area (Å²) < 4.78 is 0. The second-order valence-electron chi connectivity index (χ2n) is 3.95. The standard InChI is InChI=1S/C12H19NO3/c1-9(14)4-3-7-13-8-10-5-2-6-11(15)12(10)16/h2,5-6,9,13-16H,3-4,7-8H2,1H3. The molecular weight excluding hydrogens is 206 g/mol. The highest BCUT2D eigenvalue weighted by Crippen LogP contribution is 2.27. The van der Waals surface area contributed by atoms with Gasteiger partial charge in [-0.1, -0.05) is 12.1 Å². The van der Waals surface area contributed by atoms with Gasteiger partial charge in [0.2, 0.25) is 0 Å². The molecule has 0 aliphatic heterocycles. The summed E-state index contributed by atoms with van der Waals surface area (Å²) >= 11 is 0. The van der Waals surface area contributed by atoms with Crippen LogP contribution in [0.25, 0.3) is 0 Å². The van der Waals surface area contributed by atoms with E-state index in [2.05, 4.69) is 5.32 Å². The minimum atomic E-state index is -0.268. The van der Waals surface area contributed by atoms with E-state index in [1.54, 1.807) is 19.1 Å². The average molecular weight is 225 g/mol. The molecular formula is C12H19NO3. The molecule has 1 atom stereocenters. The van der Waals surface area contributed by atoms with E-state index >= 15 is 0 Å². The molecule has 4 heteroatoms. The third-order valence-electron chi connectivity index (χ3n) is 2.39. The SMILES string of the molecule is CC(O)CCCNCc1cccc(O)c1O. The van der Waals surface area contributed by atoms with Crippen molar-refractivity contribution in [1.82, 2.24) is 5.32 Å². The summed E-state index contributed by atoms with van der Waals surface area (Å²) in [6.07, 6.45) is 1.38. The lowest BCUT2D eigenvalue weighted by Crippen LogP contribution is -2.16. The van der Waals surface area contributed by atoms with Crippen LogP contribution in [-0.2, 0) is 6.54 Å². The fraction of sp³-hybridized carbons (Fsp3) is 0.500. The van der Waals surface area contributed by atoms with Gasteiger partial charge in [0.1, 0.15) is 0 Å². The molecule has 1 rings (SSSR count). The molecule has 1 aromatic rings. The Morgan fingerprint density at radius 3 is 2.75 bits per heavy atom. The second-order valence-corrected chi connectivity index (χ2v) is 3.95. The molecule has 1 aromatic carbocycles. The van der Waals surface area contributed by atoms with Gasteiger partial charge < -0.3 is 20.6 Å². The largest absolute Gasteiger partial charge is 0.504 e. The molecule has 0 aliphatic rings. The molecule has 0 saturated carbocycles. The maximum atomic E-state index is 9.51. The minimum Gasteiger partial charge on any atom is -0.504 e. The van der Waals surface area contributed by atoms with Crippen LogP contribution >= 0.6 is 0 Å². The van der Waals surface area contributed by atoms with E-state index < -0.39 is 0 Å². The first-order valence-corrected chi connectivity index (χ1v) is 5.50. The maximum absolute atomic E-state index is 9.51.